The van der Waals surface area contributed by atoms with Crippen molar-refractivity contribution in [3.8, 4) is 0 Å². The second kappa shape index (κ2) is 5.64. The van der Waals surface area contributed by atoms with E-state index in [9.17, 15) is 18.8 Å². The van der Waals surface area contributed by atoms with Gasteiger partial charge in [0.1, 0.15) is 17.5 Å². The minimum Gasteiger partial charge on any atom is -0.307 e. The molecule has 2 aromatic rings. The van der Waals surface area contributed by atoms with E-state index in [4.69, 9.17) is 0 Å². The Morgan fingerprint density at radius 2 is 1.74 bits per heavy atom. The van der Waals surface area contributed by atoms with Gasteiger partial charge in [-0.2, -0.15) is 0 Å². The lowest BCUT2D eigenvalue weighted by atomic mass is 9.97. The van der Waals surface area contributed by atoms with E-state index >= 15 is 0 Å². The number of nitrogens with one attached hydrogen (secondary N) is 1. The molecule has 0 fully saturated rings. The maximum atomic E-state index is 12.9. The summed E-state index contributed by atoms with van der Waals surface area (Å²) < 4.78 is 12.9. The summed E-state index contributed by atoms with van der Waals surface area (Å²) in [7, 11) is 0. The quantitative estimate of drug-likeness (QED) is 0.867. The Bertz CT molecular complexity index is 802. The van der Waals surface area contributed by atoms with E-state index in [1.807, 2.05) is 0 Å². The summed E-state index contributed by atoms with van der Waals surface area (Å²) in [4.78, 5) is 37.6. The number of para-hydroxylation sites is 1. The summed E-state index contributed by atoms with van der Waals surface area (Å²) >= 11 is 0. The van der Waals surface area contributed by atoms with Crippen LogP contribution in [0.25, 0.3) is 0 Å². The average Bonchev–Trinajstić information content (AvgIpc) is 2.81. The molecule has 1 N–H and O–H groups in total. The molecule has 0 bridgehead atoms. The Balaban J connectivity index is 1.93. The van der Waals surface area contributed by atoms with E-state index in [0.717, 1.165) is 4.90 Å². The molecule has 0 radical (unpaired) electrons. The minimum atomic E-state index is -0.967. The van der Waals surface area contributed by atoms with E-state index in [-0.39, 0.29) is 5.78 Å². The van der Waals surface area contributed by atoms with Crippen LogP contribution >= 0.6 is 0 Å². The third-order valence-corrected chi connectivity index (χ3v) is 3.66. The van der Waals surface area contributed by atoms with Crippen LogP contribution in [-0.4, -0.2) is 17.7 Å². The number of benzene rings is 2. The van der Waals surface area contributed by atoms with Gasteiger partial charge in [-0.3, -0.25) is 9.59 Å². The largest absolute Gasteiger partial charge is 0.333 e. The number of halogens is 1. The molecule has 3 rings (SSSR count). The van der Waals surface area contributed by atoms with E-state index in [1.54, 1.807) is 24.3 Å². The van der Waals surface area contributed by atoms with E-state index in [2.05, 4.69) is 5.32 Å². The van der Waals surface area contributed by atoms with Gasteiger partial charge in [0.15, 0.2) is 0 Å². The smallest absolute Gasteiger partial charge is 0.307 e. The molecule has 1 aliphatic heterocycles. The highest BCUT2D eigenvalue weighted by atomic mass is 19.1. The zero-order valence-corrected chi connectivity index (χ0v) is 12.2. The topological polar surface area (TPSA) is 66.5 Å². The summed E-state index contributed by atoms with van der Waals surface area (Å²) in [5.74, 6) is -2.30. The van der Waals surface area contributed by atoms with Gasteiger partial charge in [-0.15, -0.1) is 0 Å². The molecule has 3 amide bonds. The number of carbonyl (C=O) groups excluding carboxylic acids is 3. The second-order valence-corrected chi connectivity index (χ2v) is 5.21. The van der Waals surface area contributed by atoms with E-state index in [0.29, 0.717) is 16.9 Å². The number of hydrogen-bond donors (Lipinski definition) is 1. The van der Waals surface area contributed by atoms with Gasteiger partial charge in [0.25, 0.3) is 0 Å². The number of rotatable bonds is 2. The Hall–Kier alpha value is -3.02. The summed E-state index contributed by atoms with van der Waals surface area (Å²) in [6.07, 6.45) is 0. The van der Waals surface area contributed by atoms with Crippen LogP contribution in [0.2, 0.25) is 0 Å². The first-order valence-electron chi connectivity index (χ1n) is 6.99. The minimum absolute atomic E-state index is 0.320. The lowest BCUT2D eigenvalue weighted by molar-refractivity contribution is -0.126. The van der Waals surface area contributed by atoms with Crippen molar-refractivity contribution < 1.29 is 18.8 Å². The predicted octanol–water partition coefficient (Wildman–Crippen LogP) is 3.08. The normalized spacial score (nSPS) is 16.2. The Morgan fingerprint density at radius 3 is 2.39 bits per heavy atom. The fourth-order valence-corrected chi connectivity index (χ4v) is 2.63. The standard InChI is InChI=1S/C17H13FN2O3/c1-10(21)15-13-4-2-3-5-14(13)20(16(15)22)17(23)19-12-8-6-11(18)7-9-12/h2-9,15H,1H3,(H,19,23). The number of fused-ring (bicyclic) bond motifs is 1. The van der Waals surface area contributed by atoms with Crippen LogP contribution in [0.1, 0.15) is 18.4 Å². The number of anilines is 2. The number of carbonyl (C=O) groups is 3. The SMILES string of the molecule is CC(=O)C1C(=O)N(C(=O)Nc2ccc(F)cc2)c2ccccc21. The van der Waals surface area contributed by atoms with Crippen LogP contribution in [0.4, 0.5) is 20.6 Å². The van der Waals surface area contributed by atoms with Crippen molar-refractivity contribution in [3.63, 3.8) is 0 Å². The van der Waals surface area contributed by atoms with Crippen molar-refractivity contribution in [1.29, 1.82) is 0 Å². The summed E-state index contributed by atoms with van der Waals surface area (Å²) in [6, 6.07) is 11.2. The lowest BCUT2D eigenvalue weighted by Crippen LogP contribution is -2.39. The molecule has 1 atom stereocenters. The molecule has 1 aliphatic rings. The Morgan fingerprint density at radius 1 is 1.09 bits per heavy atom. The molecule has 0 aliphatic carbocycles. The first kappa shape index (κ1) is 14.9. The maximum absolute atomic E-state index is 12.9. The van der Waals surface area contributed by atoms with Gasteiger partial charge in [-0.05, 0) is 42.8 Å². The van der Waals surface area contributed by atoms with E-state index in [1.165, 1.54) is 31.2 Å². The highest BCUT2D eigenvalue weighted by Gasteiger charge is 2.43. The van der Waals surface area contributed by atoms with Crippen molar-refractivity contribution in [2.24, 2.45) is 0 Å². The van der Waals surface area contributed by atoms with Crippen LogP contribution in [0.3, 0.4) is 0 Å². The number of imide groups is 1. The molecule has 0 aromatic heterocycles. The van der Waals surface area contributed by atoms with Crippen molar-refractivity contribution in [3.05, 3.63) is 59.9 Å². The predicted molar refractivity (Wildman–Crippen MR) is 82.8 cm³/mol. The van der Waals surface area contributed by atoms with Crippen molar-refractivity contribution in [2.45, 2.75) is 12.8 Å². The number of nitrogens with zero attached hydrogens (tertiary/aromatic N) is 1. The zero-order chi connectivity index (χ0) is 16.6. The van der Waals surface area contributed by atoms with Gasteiger partial charge in [0.2, 0.25) is 5.91 Å². The molecule has 2 aromatic carbocycles. The number of ketones is 1. The molecule has 116 valence electrons. The number of amides is 3. The third kappa shape index (κ3) is 2.59. The van der Waals surface area contributed by atoms with Gasteiger partial charge < -0.3 is 5.32 Å². The van der Waals surface area contributed by atoms with Crippen LogP contribution in [0.5, 0.6) is 0 Å². The van der Waals surface area contributed by atoms with Crippen LogP contribution < -0.4 is 10.2 Å². The third-order valence-electron chi connectivity index (χ3n) is 3.66. The summed E-state index contributed by atoms with van der Waals surface area (Å²) in [5, 5.41) is 2.53. The van der Waals surface area contributed by atoms with Gasteiger partial charge >= 0.3 is 6.03 Å². The van der Waals surface area contributed by atoms with Crippen molar-refractivity contribution in [2.75, 3.05) is 10.2 Å². The molecular weight excluding hydrogens is 299 g/mol. The zero-order valence-electron chi connectivity index (χ0n) is 12.2. The fourth-order valence-electron chi connectivity index (χ4n) is 2.63. The molecular formula is C17H13FN2O3. The van der Waals surface area contributed by atoms with Gasteiger partial charge in [0, 0.05) is 5.69 Å². The summed E-state index contributed by atoms with van der Waals surface area (Å²) in [5.41, 5.74) is 1.25. The van der Waals surface area contributed by atoms with E-state index < -0.39 is 23.7 Å². The molecule has 0 spiro atoms. The van der Waals surface area contributed by atoms with Gasteiger partial charge in [-0.25, -0.2) is 14.1 Å². The number of urea groups is 1. The average molecular weight is 312 g/mol. The maximum Gasteiger partial charge on any atom is 0.333 e. The van der Waals surface area contributed by atoms with Gasteiger partial charge in [-0.1, -0.05) is 18.2 Å². The number of Topliss-reactive ketones (excluding diaryl/α,β-unsaturated/α-hetero) is 1. The molecule has 0 saturated heterocycles. The van der Waals surface area contributed by atoms with Crippen LogP contribution in [0.15, 0.2) is 48.5 Å². The molecule has 23 heavy (non-hydrogen) atoms. The van der Waals surface area contributed by atoms with Gasteiger partial charge in [0.05, 0.1) is 5.69 Å². The molecule has 0 saturated carbocycles. The highest BCUT2D eigenvalue weighted by molar-refractivity contribution is 6.29. The first-order chi connectivity index (χ1) is 11.0. The molecule has 5 nitrogen and oxygen atoms in total. The second-order valence-electron chi connectivity index (χ2n) is 5.21. The molecule has 1 unspecified atom stereocenters. The van der Waals surface area contributed by atoms with Crippen LogP contribution in [-0.2, 0) is 9.59 Å². The fraction of sp³-hybridized carbons (Fsp3) is 0.118. The lowest BCUT2D eigenvalue weighted by Gasteiger charge is -2.16. The summed E-state index contributed by atoms with van der Waals surface area (Å²) in [6.45, 7) is 1.32. The molecule has 6 heteroatoms. The first-order valence-corrected chi connectivity index (χ1v) is 6.99. The van der Waals surface area contributed by atoms with Crippen molar-refractivity contribution in [1.82, 2.24) is 0 Å². The Labute approximate surface area is 131 Å². The monoisotopic (exact) mass is 312 g/mol. The highest BCUT2D eigenvalue weighted by Crippen LogP contribution is 2.38. The Kier molecular flexibility index (Phi) is 3.65. The van der Waals surface area contributed by atoms with Crippen molar-refractivity contribution >= 4 is 29.1 Å². The molecule has 1 heterocycles. The number of hydrogen-bond acceptors (Lipinski definition) is 3. The van der Waals surface area contributed by atoms with Crippen LogP contribution in [0, 0.1) is 5.82 Å².